The van der Waals surface area contributed by atoms with E-state index in [2.05, 4.69) is 9.88 Å². The van der Waals surface area contributed by atoms with Crippen molar-refractivity contribution in [3.05, 3.63) is 29.6 Å². The first-order chi connectivity index (χ1) is 8.90. The fourth-order valence-corrected chi connectivity index (χ4v) is 2.33. The van der Waals surface area contributed by atoms with Crippen LogP contribution in [0.2, 0.25) is 0 Å². The third kappa shape index (κ3) is 4.05. The van der Waals surface area contributed by atoms with Crippen LogP contribution < -0.4 is 5.73 Å². The van der Waals surface area contributed by atoms with Crippen LogP contribution in [-0.4, -0.2) is 36.1 Å². The molecule has 1 saturated heterocycles. The number of nitrogens with two attached hydrogens (primary N) is 1. The van der Waals surface area contributed by atoms with E-state index in [4.69, 9.17) is 10.5 Å². The molecule has 0 unspecified atom stereocenters. The molecule has 2 heterocycles. The van der Waals surface area contributed by atoms with Crippen molar-refractivity contribution in [2.24, 2.45) is 5.73 Å². The molecule has 0 radical (unpaired) electrons. The summed E-state index contributed by atoms with van der Waals surface area (Å²) >= 11 is 0. The van der Waals surface area contributed by atoms with Crippen LogP contribution in [0.1, 0.15) is 30.5 Å². The van der Waals surface area contributed by atoms with Gasteiger partial charge in [0.1, 0.15) is 0 Å². The molecule has 2 N–H and O–H groups in total. The average Bonchev–Trinajstić information content (AvgIpc) is 2.45. The maximum Gasteiger partial charge on any atom is 0.0891 e. The topological polar surface area (TPSA) is 51.4 Å². The van der Waals surface area contributed by atoms with Gasteiger partial charge in [0.2, 0.25) is 0 Å². The molecule has 0 saturated carbocycles. The maximum absolute atomic E-state index is 5.71. The molecular weight excluding hydrogens is 226 g/mol. The van der Waals surface area contributed by atoms with E-state index in [1.165, 1.54) is 32.4 Å². The minimum Gasteiger partial charge on any atom is -0.374 e. The number of hydrogen-bond donors (Lipinski definition) is 1. The molecule has 1 aromatic heterocycles. The van der Waals surface area contributed by atoms with Crippen LogP contribution in [0.25, 0.3) is 0 Å². The van der Waals surface area contributed by atoms with Crippen LogP contribution >= 0.6 is 0 Å². The molecule has 1 aliphatic heterocycles. The lowest BCUT2D eigenvalue weighted by atomic mass is 10.1. The van der Waals surface area contributed by atoms with Gasteiger partial charge in [0.25, 0.3) is 0 Å². The van der Waals surface area contributed by atoms with E-state index in [1.54, 1.807) is 6.20 Å². The molecule has 0 aromatic carbocycles. The van der Waals surface area contributed by atoms with Gasteiger partial charge in [-0.15, -0.1) is 0 Å². The Bertz CT molecular complexity index is 351. The van der Waals surface area contributed by atoms with Gasteiger partial charge >= 0.3 is 0 Å². The van der Waals surface area contributed by atoms with Crippen molar-refractivity contribution in [3.8, 4) is 0 Å². The molecule has 4 heteroatoms. The second-order valence-corrected chi connectivity index (χ2v) is 4.77. The molecule has 0 spiro atoms. The van der Waals surface area contributed by atoms with Crippen molar-refractivity contribution in [2.75, 3.05) is 26.2 Å². The molecule has 1 aliphatic rings. The SMILES string of the molecule is NCc1cccnc1COCCN1CCCCC1. The molecule has 0 bridgehead atoms. The zero-order valence-electron chi connectivity index (χ0n) is 11.0. The number of piperidine rings is 1. The van der Waals surface area contributed by atoms with Gasteiger partial charge in [0, 0.05) is 19.3 Å². The Morgan fingerprint density at radius 2 is 2.11 bits per heavy atom. The fraction of sp³-hybridized carbons (Fsp3) is 0.643. The summed E-state index contributed by atoms with van der Waals surface area (Å²) < 4.78 is 5.71. The average molecular weight is 249 g/mol. The number of rotatable bonds is 6. The van der Waals surface area contributed by atoms with Crippen LogP contribution in [0.5, 0.6) is 0 Å². The highest BCUT2D eigenvalue weighted by molar-refractivity contribution is 5.18. The van der Waals surface area contributed by atoms with Crippen molar-refractivity contribution >= 4 is 0 Å². The quantitative estimate of drug-likeness (QED) is 0.777. The highest BCUT2D eigenvalue weighted by Gasteiger charge is 2.09. The van der Waals surface area contributed by atoms with E-state index in [0.29, 0.717) is 13.2 Å². The molecule has 1 aromatic rings. The minimum atomic E-state index is 0.526. The van der Waals surface area contributed by atoms with Crippen molar-refractivity contribution in [1.29, 1.82) is 0 Å². The molecule has 4 nitrogen and oxygen atoms in total. The Kier molecular flexibility index (Phi) is 5.58. The monoisotopic (exact) mass is 249 g/mol. The molecule has 0 atom stereocenters. The number of nitrogens with zero attached hydrogens (tertiary/aromatic N) is 2. The number of aromatic nitrogens is 1. The zero-order chi connectivity index (χ0) is 12.6. The van der Waals surface area contributed by atoms with Gasteiger partial charge in [-0.05, 0) is 37.6 Å². The predicted octanol–water partition coefficient (Wildman–Crippen LogP) is 1.54. The molecule has 1 fully saturated rings. The van der Waals surface area contributed by atoms with Gasteiger partial charge in [-0.1, -0.05) is 12.5 Å². The van der Waals surface area contributed by atoms with Crippen molar-refractivity contribution < 1.29 is 4.74 Å². The van der Waals surface area contributed by atoms with E-state index in [1.807, 2.05) is 12.1 Å². The van der Waals surface area contributed by atoms with Gasteiger partial charge in [-0.2, -0.15) is 0 Å². The molecule has 2 rings (SSSR count). The number of hydrogen-bond acceptors (Lipinski definition) is 4. The van der Waals surface area contributed by atoms with E-state index in [0.717, 1.165) is 24.4 Å². The first kappa shape index (κ1) is 13.5. The third-order valence-electron chi connectivity index (χ3n) is 3.44. The normalized spacial score (nSPS) is 16.9. The van der Waals surface area contributed by atoms with E-state index >= 15 is 0 Å². The van der Waals surface area contributed by atoms with Crippen LogP contribution in [0.3, 0.4) is 0 Å². The first-order valence-corrected chi connectivity index (χ1v) is 6.83. The lowest BCUT2D eigenvalue weighted by Crippen LogP contribution is -2.32. The summed E-state index contributed by atoms with van der Waals surface area (Å²) in [6.07, 6.45) is 5.84. The molecule has 18 heavy (non-hydrogen) atoms. The highest BCUT2D eigenvalue weighted by Crippen LogP contribution is 2.09. The molecule has 0 aliphatic carbocycles. The minimum absolute atomic E-state index is 0.526. The van der Waals surface area contributed by atoms with Crippen LogP contribution in [0.4, 0.5) is 0 Å². The lowest BCUT2D eigenvalue weighted by molar-refractivity contribution is 0.0841. The van der Waals surface area contributed by atoms with Gasteiger partial charge in [0.05, 0.1) is 18.9 Å². The molecule has 0 amide bonds. The van der Waals surface area contributed by atoms with Crippen molar-refractivity contribution in [2.45, 2.75) is 32.4 Å². The van der Waals surface area contributed by atoms with E-state index in [-0.39, 0.29) is 0 Å². The second-order valence-electron chi connectivity index (χ2n) is 4.77. The second kappa shape index (κ2) is 7.46. The van der Waals surface area contributed by atoms with E-state index < -0.39 is 0 Å². The summed E-state index contributed by atoms with van der Waals surface area (Å²) in [4.78, 5) is 6.79. The van der Waals surface area contributed by atoms with Crippen LogP contribution in [0, 0.1) is 0 Å². The summed E-state index contributed by atoms with van der Waals surface area (Å²) in [6.45, 7) is 5.35. The standard InChI is InChI=1S/C14H23N3O/c15-11-13-5-4-6-16-14(13)12-18-10-9-17-7-2-1-3-8-17/h4-6H,1-3,7-12,15H2. The Morgan fingerprint density at radius 1 is 1.28 bits per heavy atom. The summed E-state index contributed by atoms with van der Waals surface area (Å²) in [5.74, 6) is 0. The Balaban J connectivity index is 1.68. The number of likely N-dealkylation sites (tertiary alicyclic amines) is 1. The Hall–Kier alpha value is -0.970. The highest BCUT2D eigenvalue weighted by atomic mass is 16.5. The summed E-state index contributed by atoms with van der Waals surface area (Å²) in [7, 11) is 0. The van der Waals surface area contributed by atoms with Gasteiger partial charge in [-0.3, -0.25) is 4.98 Å². The van der Waals surface area contributed by atoms with Crippen molar-refractivity contribution in [3.63, 3.8) is 0 Å². The largest absolute Gasteiger partial charge is 0.374 e. The maximum atomic E-state index is 5.71. The molecule has 100 valence electrons. The third-order valence-corrected chi connectivity index (χ3v) is 3.44. The Morgan fingerprint density at radius 3 is 2.89 bits per heavy atom. The van der Waals surface area contributed by atoms with Gasteiger partial charge in [0.15, 0.2) is 0 Å². The fourth-order valence-electron chi connectivity index (χ4n) is 2.33. The van der Waals surface area contributed by atoms with Crippen LogP contribution in [-0.2, 0) is 17.9 Å². The smallest absolute Gasteiger partial charge is 0.0891 e. The van der Waals surface area contributed by atoms with E-state index in [9.17, 15) is 0 Å². The summed E-state index contributed by atoms with van der Waals surface area (Å²) in [5.41, 5.74) is 7.72. The van der Waals surface area contributed by atoms with Crippen molar-refractivity contribution in [1.82, 2.24) is 9.88 Å². The lowest BCUT2D eigenvalue weighted by Gasteiger charge is -2.26. The number of pyridine rings is 1. The Labute approximate surface area is 109 Å². The molecular formula is C14H23N3O. The van der Waals surface area contributed by atoms with Gasteiger partial charge < -0.3 is 15.4 Å². The zero-order valence-corrected chi connectivity index (χ0v) is 11.0. The first-order valence-electron chi connectivity index (χ1n) is 6.83. The summed E-state index contributed by atoms with van der Waals surface area (Å²) in [6, 6.07) is 3.93. The van der Waals surface area contributed by atoms with Crippen LogP contribution in [0.15, 0.2) is 18.3 Å². The summed E-state index contributed by atoms with van der Waals surface area (Å²) in [5, 5.41) is 0. The predicted molar refractivity (Wildman–Crippen MR) is 72.1 cm³/mol. The van der Waals surface area contributed by atoms with Gasteiger partial charge in [-0.25, -0.2) is 0 Å². The number of ether oxygens (including phenoxy) is 1.